The third kappa shape index (κ3) is 3.22. The van der Waals surface area contributed by atoms with Crippen LogP contribution in [0.15, 0.2) is 60.7 Å². The van der Waals surface area contributed by atoms with Crippen LogP contribution in [0.3, 0.4) is 0 Å². The average Bonchev–Trinajstić information content (AvgIpc) is 2.64. The lowest BCUT2D eigenvalue weighted by molar-refractivity contribution is 0.0693. The van der Waals surface area contributed by atoms with Gasteiger partial charge in [-0.25, -0.2) is 4.79 Å². The fourth-order valence-electron chi connectivity index (χ4n) is 2.86. The van der Waals surface area contributed by atoms with E-state index in [1.807, 2.05) is 43.3 Å². The second kappa shape index (κ2) is 6.84. The zero-order valence-corrected chi connectivity index (χ0v) is 14.5. The first-order valence-corrected chi connectivity index (χ1v) is 8.16. The van der Waals surface area contributed by atoms with E-state index in [4.69, 9.17) is 5.11 Å². The summed E-state index contributed by atoms with van der Waals surface area (Å²) in [5, 5.41) is 19.1. The number of aromatic hydroxyl groups is 1. The van der Waals surface area contributed by atoms with Crippen LogP contribution in [-0.4, -0.2) is 22.0 Å². The van der Waals surface area contributed by atoms with E-state index in [0.717, 1.165) is 16.7 Å². The number of carboxylic acids is 1. The minimum atomic E-state index is -1.23. The van der Waals surface area contributed by atoms with Gasteiger partial charge in [0.1, 0.15) is 11.3 Å². The maximum atomic E-state index is 12.9. The van der Waals surface area contributed by atoms with Crippen molar-refractivity contribution in [3.63, 3.8) is 0 Å². The molecule has 0 saturated heterocycles. The first kappa shape index (κ1) is 17.4. The summed E-state index contributed by atoms with van der Waals surface area (Å²) in [4.78, 5) is 24.0. The smallest absolute Gasteiger partial charge is 0.339 e. The van der Waals surface area contributed by atoms with Gasteiger partial charge in [0.2, 0.25) is 0 Å². The normalized spacial score (nSPS) is 10.5. The molecular weight excluding hydrogens is 328 g/mol. The zero-order chi connectivity index (χ0) is 18.8. The van der Waals surface area contributed by atoms with Crippen LogP contribution in [0.1, 0.15) is 37.4 Å². The Hall–Kier alpha value is -3.40. The Morgan fingerprint density at radius 1 is 0.808 bits per heavy atom. The summed E-state index contributed by atoms with van der Waals surface area (Å²) in [6, 6.07) is 18.0. The molecular formula is C22H18O4. The van der Waals surface area contributed by atoms with Crippen LogP contribution in [0.25, 0.3) is 11.1 Å². The number of carboxylic acid groups (broad SMARTS) is 1. The number of aromatic carboxylic acids is 1. The Morgan fingerprint density at radius 3 is 2.12 bits per heavy atom. The lowest BCUT2D eigenvalue weighted by Gasteiger charge is -2.10. The van der Waals surface area contributed by atoms with Crippen LogP contribution >= 0.6 is 0 Å². The molecule has 0 atom stereocenters. The first-order valence-electron chi connectivity index (χ1n) is 8.16. The highest BCUT2D eigenvalue weighted by atomic mass is 16.4. The molecule has 4 heteroatoms. The topological polar surface area (TPSA) is 74.6 Å². The van der Waals surface area contributed by atoms with E-state index in [0.29, 0.717) is 5.56 Å². The molecule has 2 N–H and O–H groups in total. The van der Waals surface area contributed by atoms with Gasteiger partial charge >= 0.3 is 5.97 Å². The summed E-state index contributed by atoms with van der Waals surface area (Å²) in [7, 11) is 0. The monoisotopic (exact) mass is 346 g/mol. The Bertz CT molecular complexity index is 1000. The number of ketones is 1. The molecule has 0 saturated carbocycles. The molecule has 3 aromatic rings. The van der Waals surface area contributed by atoms with Crippen LogP contribution in [-0.2, 0) is 0 Å². The lowest BCUT2D eigenvalue weighted by atomic mass is 9.94. The quantitative estimate of drug-likeness (QED) is 0.677. The van der Waals surface area contributed by atoms with Crippen molar-refractivity contribution >= 4 is 11.8 Å². The van der Waals surface area contributed by atoms with E-state index < -0.39 is 5.97 Å². The second-order valence-electron chi connectivity index (χ2n) is 6.22. The van der Waals surface area contributed by atoms with Crippen molar-refractivity contribution in [2.24, 2.45) is 0 Å². The number of carbonyl (C=O) groups is 2. The Kier molecular flexibility index (Phi) is 4.59. The number of hydrogen-bond donors (Lipinski definition) is 2. The maximum Gasteiger partial charge on any atom is 0.339 e. The molecule has 3 rings (SSSR count). The lowest BCUT2D eigenvalue weighted by Crippen LogP contribution is -2.07. The highest BCUT2D eigenvalue weighted by Gasteiger charge is 2.19. The molecule has 130 valence electrons. The molecule has 0 aliphatic carbocycles. The van der Waals surface area contributed by atoms with Crippen LogP contribution in [0.4, 0.5) is 0 Å². The fraction of sp³-hybridized carbons (Fsp3) is 0.0909. The largest absolute Gasteiger partial charge is 0.507 e. The van der Waals surface area contributed by atoms with Crippen molar-refractivity contribution in [2.45, 2.75) is 13.8 Å². The summed E-state index contributed by atoms with van der Waals surface area (Å²) in [5.41, 5.74) is 3.89. The molecule has 26 heavy (non-hydrogen) atoms. The molecule has 0 aliphatic heterocycles. The summed E-state index contributed by atoms with van der Waals surface area (Å²) in [6.45, 7) is 3.55. The highest BCUT2D eigenvalue weighted by molar-refractivity contribution is 6.11. The predicted octanol–water partition coefficient (Wildman–Crippen LogP) is 4.61. The van der Waals surface area contributed by atoms with E-state index in [9.17, 15) is 14.7 Å². The Morgan fingerprint density at radius 2 is 1.46 bits per heavy atom. The minimum absolute atomic E-state index is 0.215. The van der Waals surface area contributed by atoms with E-state index in [-0.39, 0.29) is 28.2 Å². The van der Waals surface area contributed by atoms with Gasteiger partial charge < -0.3 is 10.2 Å². The van der Waals surface area contributed by atoms with Crippen molar-refractivity contribution < 1.29 is 19.8 Å². The Labute approximate surface area is 151 Å². The predicted molar refractivity (Wildman–Crippen MR) is 99.9 cm³/mol. The third-order valence-corrected chi connectivity index (χ3v) is 4.42. The van der Waals surface area contributed by atoms with Gasteiger partial charge in [0.25, 0.3) is 0 Å². The molecule has 0 aliphatic rings. The first-order chi connectivity index (χ1) is 12.4. The van der Waals surface area contributed by atoms with E-state index in [1.54, 1.807) is 19.1 Å². The van der Waals surface area contributed by atoms with Crippen molar-refractivity contribution in [3.8, 4) is 16.9 Å². The zero-order valence-electron chi connectivity index (χ0n) is 14.5. The molecule has 0 amide bonds. The van der Waals surface area contributed by atoms with Gasteiger partial charge in [0.15, 0.2) is 5.78 Å². The van der Waals surface area contributed by atoms with Gasteiger partial charge in [-0.1, -0.05) is 48.0 Å². The van der Waals surface area contributed by atoms with Crippen LogP contribution in [0.5, 0.6) is 5.75 Å². The molecule has 4 nitrogen and oxygen atoms in total. The van der Waals surface area contributed by atoms with Gasteiger partial charge in [0, 0.05) is 16.7 Å². The second-order valence-corrected chi connectivity index (χ2v) is 6.22. The summed E-state index contributed by atoms with van der Waals surface area (Å²) in [6.07, 6.45) is 0. The van der Waals surface area contributed by atoms with E-state index in [1.165, 1.54) is 12.1 Å². The standard InChI is InChI=1S/C22H18O4/c1-13-6-8-15(9-7-13)16-4-3-5-17(12-16)21(24)18-10-11-19(22(25)26)20(23)14(18)2/h3-12,23H,1-2H3,(H,25,26). The molecule has 3 aromatic carbocycles. The number of aryl methyl sites for hydroxylation is 1. The molecule has 0 spiro atoms. The Balaban J connectivity index is 2.01. The fourth-order valence-corrected chi connectivity index (χ4v) is 2.86. The molecule has 0 heterocycles. The average molecular weight is 346 g/mol. The number of benzene rings is 3. The molecule has 0 aromatic heterocycles. The van der Waals surface area contributed by atoms with Crippen LogP contribution < -0.4 is 0 Å². The van der Waals surface area contributed by atoms with Gasteiger partial charge in [-0.05, 0) is 43.2 Å². The highest BCUT2D eigenvalue weighted by Crippen LogP contribution is 2.28. The maximum absolute atomic E-state index is 12.9. The van der Waals surface area contributed by atoms with Crippen molar-refractivity contribution in [2.75, 3.05) is 0 Å². The summed E-state index contributed by atoms with van der Waals surface area (Å²) < 4.78 is 0. The van der Waals surface area contributed by atoms with Crippen molar-refractivity contribution in [1.82, 2.24) is 0 Å². The van der Waals surface area contributed by atoms with Gasteiger partial charge in [-0.3, -0.25) is 4.79 Å². The number of hydrogen-bond acceptors (Lipinski definition) is 3. The SMILES string of the molecule is Cc1ccc(-c2cccc(C(=O)c3ccc(C(=O)O)c(O)c3C)c2)cc1. The van der Waals surface area contributed by atoms with Crippen molar-refractivity contribution in [3.05, 3.63) is 88.5 Å². The number of phenols is 1. The van der Waals surface area contributed by atoms with Crippen LogP contribution in [0, 0.1) is 13.8 Å². The van der Waals surface area contributed by atoms with Crippen molar-refractivity contribution in [1.29, 1.82) is 0 Å². The molecule has 0 radical (unpaired) electrons. The number of carbonyl (C=O) groups excluding carboxylic acids is 1. The summed E-state index contributed by atoms with van der Waals surface area (Å²) >= 11 is 0. The molecule has 0 bridgehead atoms. The number of rotatable bonds is 4. The van der Waals surface area contributed by atoms with E-state index in [2.05, 4.69) is 0 Å². The van der Waals surface area contributed by atoms with E-state index >= 15 is 0 Å². The van der Waals surface area contributed by atoms with Gasteiger partial charge in [-0.2, -0.15) is 0 Å². The summed E-state index contributed by atoms with van der Waals surface area (Å²) in [5.74, 6) is -1.87. The van der Waals surface area contributed by atoms with Gasteiger partial charge in [0.05, 0.1) is 0 Å². The third-order valence-electron chi connectivity index (χ3n) is 4.42. The minimum Gasteiger partial charge on any atom is -0.507 e. The molecule has 0 fully saturated rings. The van der Waals surface area contributed by atoms with Gasteiger partial charge in [-0.15, -0.1) is 0 Å². The molecule has 0 unspecified atom stereocenters. The van der Waals surface area contributed by atoms with Crippen LogP contribution in [0.2, 0.25) is 0 Å².